The molecule has 10 aliphatic heterocycles. The van der Waals surface area contributed by atoms with E-state index in [-0.39, 0.29) is 71.8 Å². The van der Waals surface area contributed by atoms with Gasteiger partial charge >= 0.3 is 0 Å². The van der Waals surface area contributed by atoms with Gasteiger partial charge in [-0.1, -0.05) is 140 Å². The number of benzene rings is 9. The van der Waals surface area contributed by atoms with Crippen LogP contribution in [-0.2, 0) is 53.8 Å². The summed E-state index contributed by atoms with van der Waals surface area (Å²) in [5.41, 5.74) is 19.4. The van der Waals surface area contributed by atoms with Crippen LogP contribution in [0.3, 0.4) is 0 Å². The van der Waals surface area contributed by atoms with Crippen molar-refractivity contribution in [2.75, 3.05) is 92.7 Å². The van der Waals surface area contributed by atoms with Crippen LogP contribution in [0.25, 0.3) is 0 Å². The van der Waals surface area contributed by atoms with Crippen molar-refractivity contribution < 1.29 is 78.1 Å². The van der Waals surface area contributed by atoms with E-state index in [1.165, 1.54) is 81.0 Å². The Morgan fingerprint density at radius 2 is 0.724 bits per heavy atom. The SMILES string of the molecule is CC(C)c1ccc2c(c1)C1OCCOC1C(c1cc(F)ccc1F)N2.CC(C)c1ccc2c(c1)C1OCCOC1C(c1ccc(F)cc1F)N2.CCC(C)c1ccc2c(c1)C1OCCOC1C(c1ccc(F)cc1)N2.CCC(C)c1ccc2c(c1)C1OCCOC1C(c1ccsc1)N2.N#CCc1ccc2c(c1)C1OCCOC1C(c1cccc(F)c1F)N2. The van der Waals surface area contributed by atoms with Gasteiger partial charge in [0.25, 0.3) is 0 Å². The van der Waals surface area contributed by atoms with Crippen LogP contribution in [0.5, 0.6) is 0 Å². The molecular weight excluding hydrogens is 1600 g/mol. The van der Waals surface area contributed by atoms with E-state index in [0.717, 1.165) is 87.7 Å². The van der Waals surface area contributed by atoms with Gasteiger partial charge in [0.2, 0.25) is 0 Å². The maximum Gasteiger partial charge on any atom is 0.164 e. The zero-order valence-electron chi connectivity index (χ0n) is 70.1. The van der Waals surface area contributed by atoms with Crippen molar-refractivity contribution >= 4 is 39.8 Å². The van der Waals surface area contributed by atoms with Gasteiger partial charge in [-0.05, 0) is 171 Å². The lowest BCUT2D eigenvalue weighted by atomic mass is 9.85. The van der Waals surface area contributed by atoms with Crippen LogP contribution in [0.4, 0.5) is 59.2 Å². The normalized spacial score (nSPS) is 25.8. The van der Waals surface area contributed by atoms with Crippen LogP contribution < -0.4 is 26.6 Å². The molecule has 0 radical (unpaired) electrons. The quantitative estimate of drug-likeness (QED) is 0.0730. The third kappa shape index (κ3) is 18.7. The second-order valence-corrected chi connectivity index (χ2v) is 34.2. The highest BCUT2D eigenvalue weighted by atomic mass is 32.1. The first-order valence-corrected chi connectivity index (χ1v) is 43.8. The smallest absolute Gasteiger partial charge is 0.164 e. The number of thiophene rings is 1. The average Bonchev–Trinajstić information content (AvgIpc) is 1.08. The van der Waals surface area contributed by atoms with E-state index in [1.54, 1.807) is 17.4 Å². The monoisotopic (exact) mass is 1700 g/mol. The van der Waals surface area contributed by atoms with Crippen LogP contribution in [0, 0.1) is 52.1 Å². The predicted molar refractivity (Wildman–Crippen MR) is 461 cm³/mol. The Balaban J connectivity index is 0.000000114. The Kier molecular flexibility index (Phi) is 27.4. The molecule has 24 heteroatoms. The molecule has 9 aromatic carbocycles. The molecule has 17 unspecified atom stereocenters. The Hall–Kier alpha value is -9.72. The van der Waals surface area contributed by atoms with Crippen molar-refractivity contribution in [3.05, 3.63) is 311 Å². The molecule has 5 N–H and O–H groups in total. The van der Waals surface area contributed by atoms with Crippen LogP contribution >= 0.6 is 11.3 Å². The van der Waals surface area contributed by atoms with E-state index in [0.29, 0.717) is 102 Å². The maximum atomic E-state index is 14.4. The number of hydrogen-bond donors (Lipinski definition) is 5. The van der Waals surface area contributed by atoms with Crippen molar-refractivity contribution in [2.45, 2.75) is 190 Å². The molecule has 11 heterocycles. The van der Waals surface area contributed by atoms with Crippen molar-refractivity contribution in [1.82, 2.24) is 0 Å². The van der Waals surface area contributed by atoms with Crippen LogP contribution in [0.1, 0.15) is 236 Å². The zero-order chi connectivity index (χ0) is 85.7. The van der Waals surface area contributed by atoms with Gasteiger partial charge in [-0.2, -0.15) is 16.6 Å². The summed E-state index contributed by atoms with van der Waals surface area (Å²) < 4.78 is 157. The highest BCUT2D eigenvalue weighted by Crippen LogP contribution is 2.52. The van der Waals surface area contributed by atoms with Crippen LogP contribution in [0.15, 0.2) is 187 Å². The lowest BCUT2D eigenvalue weighted by Gasteiger charge is -2.43. The third-order valence-electron chi connectivity index (χ3n) is 25.1. The maximum absolute atomic E-state index is 14.4. The van der Waals surface area contributed by atoms with Crippen LogP contribution in [0.2, 0.25) is 0 Å². The molecule has 16 nitrogen and oxygen atoms in total. The second kappa shape index (κ2) is 38.8. The number of nitrogens with one attached hydrogen (secondary N) is 5. The molecular formula is C99H105F7N6O10S. The van der Waals surface area contributed by atoms with Gasteiger partial charge in [-0.15, -0.1) is 0 Å². The summed E-state index contributed by atoms with van der Waals surface area (Å²) in [6.45, 7) is 22.8. The topological polar surface area (TPSA) is 176 Å². The molecule has 1 aromatic heterocycles. The van der Waals surface area contributed by atoms with Gasteiger partial charge in [0.1, 0.15) is 90.1 Å². The van der Waals surface area contributed by atoms with Crippen molar-refractivity contribution in [1.29, 1.82) is 5.26 Å². The summed E-state index contributed by atoms with van der Waals surface area (Å²) in [5.74, 6) is -2.19. The molecule has 20 rings (SSSR count). The highest BCUT2D eigenvalue weighted by Gasteiger charge is 2.48. The van der Waals surface area contributed by atoms with Gasteiger partial charge < -0.3 is 74.0 Å². The number of ether oxygens (including phenoxy) is 10. The molecule has 17 atom stereocenters. The van der Waals surface area contributed by atoms with Gasteiger partial charge in [0.05, 0.1) is 109 Å². The molecule has 0 aliphatic carbocycles. The number of hydrogen-bond acceptors (Lipinski definition) is 17. The van der Waals surface area contributed by atoms with E-state index >= 15 is 0 Å². The second-order valence-electron chi connectivity index (χ2n) is 33.4. The summed E-state index contributed by atoms with van der Waals surface area (Å²) in [5, 5.41) is 30.5. The fourth-order valence-electron chi connectivity index (χ4n) is 18.1. The average molecular weight is 1700 g/mol. The van der Waals surface area contributed by atoms with Crippen molar-refractivity contribution in [2.24, 2.45) is 0 Å². The highest BCUT2D eigenvalue weighted by molar-refractivity contribution is 7.08. The van der Waals surface area contributed by atoms with Gasteiger partial charge in [0, 0.05) is 79.0 Å². The molecule has 5 fully saturated rings. The summed E-state index contributed by atoms with van der Waals surface area (Å²) >= 11 is 1.73. The molecule has 0 saturated carbocycles. The number of nitriles is 1. The zero-order valence-corrected chi connectivity index (χ0v) is 71.0. The molecule has 0 amide bonds. The molecule has 0 bridgehead atoms. The lowest BCUT2D eigenvalue weighted by Crippen LogP contribution is -2.43. The van der Waals surface area contributed by atoms with E-state index in [1.807, 2.05) is 42.5 Å². The first-order chi connectivity index (χ1) is 59.7. The van der Waals surface area contributed by atoms with E-state index in [9.17, 15) is 30.7 Å². The molecule has 646 valence electrons. The number of rotatable bonds is 12. The van der Waals surface area contributed by atoms with Gasteiger partial charge in [-0.25, -0.2) is 30.7 Å². The minimum atomic E-state index is -0.886. The fourth-order valence-corrected chi connectivity index (χ4v) is 18.8. The largest absolute Gasteiger partial charge is 0.375 e. The van der Waals surface area contributed by atoms with E-state index in [2.05, 4.69) is 166 Å². The first-order valence-electron chi connectivity index (χ1n) is 42.9. The summed E-state index contributed by atoms with van der Waals surface area (Å²) in [6.07, 6.45) is 0.220. The lowest BCUT2D eigenvalue weighted by molar-refractivity contribution is -0.151. The number of fused-ring (bicyclic) bond motifs is 15. The van der Waals surface area contributed by atoms with Crippen molar-refractivity contribution in [3.63, 3.8) is 0 Å². The number of nitrogens with zero attached hydrogens (tertiary/aromatic N) is 1. The minimum Gasteiger partial charge on any atom is -0.375 e. The Morgan fingerprint density at radius 1 is 0.341 bits per heavy atom. The molecule has 10 aromatic rings. The molecule has 5 saturated heterocycles. The summed E-state index contributed by atoms with van der Waals surface area (Å²) in [7, 11) is 0. The fraction of sp³-hybridized carbons (Fsp3) is 0.404. The number of anilines is 5. The number of halogens is 7. The molecule has 0 spiro atoms. The Labute approximate surface area is 718 Å². The Morgan fingerprint density at radius 3 is 1.16 bits per heavy atom. The molecule has 10 aliphatic rings. The van der Waals surface area contributed by atoms with Gasteiger partial charge in [0.15, 0.2) is 11.6 Å². The Bertz CT molecular complexity index is 5370. The summed E-state index contributed by atoms with van der Waals surface area (Å²) in [4.78, 5) is 0. The van der Waals surface area contributed by atoms with E-state index in [4.69, 9.17) is 52.6 Å². The van der Waals surface area contributed by atoms with Crippen LogP contribution in [-0.4, -0.2) is 96.6 Å². The van der Waals surface area contributed by atoms with Gasteiger partial charge in [-0.3, -0.25) is 0 Å². The van der Waals surface area contributed by atoms with Crippen molar-refractivity contribution in [3.8, 4) is 6.07 Å². The predicted octanol–water partition coefficient (Wildman–Crippen LogP) is 22.9. The summed E-state index contributed by atoms with van der Waals surface area (Å²) in [6, 6.07) is 52.2. The third-order valence-corrected chi connectivity index (χ3v) is 25.8. The first kappa shape index (κ1) is 86.8. The molecule has 123 heavy (non-hydrogen) atoms. The van der Waals surface area contributed by atoms with E-state index < -0.39 is 71.3 Å². The minimum absolute atomic E-state index is 0.0221. The standard InChI is InChI=1S/C21H24FNO2.2C20H21F2NO2.C19H16F2N2O2.C19H23NO2S/c1-3-13(2)15-6-9-18-17(12-15)20-21(25-11-10-24-20)19(23-18)14-4-7-16(22)8-5-14;1-11(2)12-3-6-17-15(9-12)19-20(25-8-7-24-19)18(23-17)14-10-13(21)4-5-16(14)22;1-11(2)12-3-6-17-15(9-12)19-20(25-8-7-24-19)18(23-17)14-5-4-13(21)10-16(14)22;20-14-3-1-2-12(16(14)21)17-19-18(24-8-9-25-19)13-10-11(6-7-22)4-5-15(13)23-17;1-3-12(2)13-4-5-16-15(10-13)18-19(22-8-7-21-18)17(20-16)14-6-9-23-11-14/h4-9,12-13,19-21,23H,3,10-11H2,1-2H3;2*3-6,9-11,18-20,23H,7-8H2,1-2H3;1-5,10,17-19,23H,6,8-9H2;4-6,9-12,17-20H,3,7-8H2,1-2H3.